The first-order valence-corrected chi connectivity index (χ1v) is 6.52. The van der Waals surface area contributed by atoms with E-state index in [9.17, 15) is 9.59 Å². The molecule has 1 unspecified atom stereocenters. The fourth-order valence-corrected chi connectivity index (χ4v) is 1.60. The predicted molar refractivity (Wildman–Crippen MR) is 67.4 cm³/mol. The Kier molecular flexibility index (Phi) is 6.25. The van der Waals surface area contributed by atoms with Gasteiger partial charge in [-0.05, 0) is 39.2 Å². The van der Waals surface area contributed by atoms with Crippen LogP contribution in [0.4, 0.5) is 4.79 Å². The van der Waals surface area contributed by atoms with E-state index in [1.807, 2.05) is 27.0 Å². The van der Waals surface area contributed by atoms with Gasteiger partial charge in [0, 0.05) is 5.54 Å². The van der Waals surface area contributed by atoms with Crippen LogP contribution in [0.3, 0.4) is 0 Å². The van der Waals surface area contributed by atoms with E-state index in [4.69, 9.17) is 5.73 Å². The molecule has 0 saturated carbocycles. The van der Waals surface area contributed by atoms with Crippen LogP contribution in [0.5, 0.6) is 0 Å². The molecule has 0 aliphatic rings. The van der Waals surface area contributed by atoms with Gasteiger partial charge < -0.3 is 16.4 Å². The van der Waals surface area contributed by atoms with E-state index in [0.717, 1.165) is 5.75 Å². The molecule has 0 aromatic rings. The zero-order valence-corrected chi connectivity index (χ0v) is 11.1. The molecular weight excluding hydrogens is 226 g/mol. The monoisotopic (exact) mass is 247 g/mol. The summed E-state index contributed by atoms with van der Waals surface area (Å²) in [5.74, 6) is 0.600. The second-order valence-corrected chi connectivity index (χ2v) is 5.57. The molecule has 0 aliphatic heterocycles. The third-order valence-corrected chi connectivity index (χ3v) is 2.39. The molecule has 4 N–H and O–H groups in total. The maximum atomic E-state index is 11.8. The Morgan fingerprint density at radius 1 is 1.38 bits per heavy atom. The molecule has 3 amide bonds. The molecule has 0 aliphatic carbocycles. The molecule has 0 bridgehead atoms. The molecule has 94 valence electrons. The van der Waals surface area contributed by atoms with Crippen molar-refractivity contribution in [2.45, 2.75) is 38.8 Å². The average molecular weight is 247 g/mol. The van der Waals surface area contributed by atoms with Gasteiger partial charge in [0.2, 0.25) is 5.91 Å². The van der Waals surface area contributed by atoms with Gasteiger partial charge in [0.15, 0.2) is 0 Å². The molecule has 1 atom stereocenters. The largest absolute Gasteiger partial charge is 0.352 e. The highest BCUT2D eigenvalue weighted by molar-refractivity contribution is 7.98. The van der Waals surface area contributed by atoms with E-state index in [2.05, 4.69) is 10.6 Å². The van der Waals surface area contributed by atoms with Crippen molar-refractivity contribution in [3.8, 4) is 0 Å². The fourth-order valence-electron chi connectivity index (χ4n) is 1.13. The van der Waals surface area contributed by atoms with Gasteiger partial charge in [-0.15, -0.1) is 0 Å². The SMILES string of the molecule is CSCCC(NC(N)=O)C(=O)NC(C)(C)C. The Morgan fingerprint density at radius 2 is 1.94 bits per heavy atom. The van der Waals surface area contributed by atoms with Gasteiger partial charge in [-0.25, -0.2) is 4.79 Å². The van der Waals surface area contributed by atoms with Crippen LogP contribution in [0.2, 0.25) is 0 Å². The minimum Gasteiger partial charge on any atom is -0.352 e. The lowest BCUT2D eigenvalue weighted by Crippen LogP contribution is -2.53. The number of carbonyl (C=O) groups is 2. The minimum atomic E-state index is -0.671. The third-order valence-electron chi connectivity index (χ3n) is 1.74. The summed E-state index contributed by atoms with van der Waals surface area (Å²) in [4.78, 5) is 22.6. The van der Waals surface area contributed by atoms with Crippen molar-refractivity contribution in [3.63, 3.8) is 0 Å². The van der Waals surface area contributed by atoms with Crippen LogP contribution in [0, 0.1) is 0 Å². The van der Waals surface area contributed by atoms with Gasteiger partial charge in [-0.3, -0.25) is 4.79 Å². The number of rotatable bonds is 5. The van der Waals surface area contributed by atoms with E-state index in [1.54, 1.807) is 11.8 Å². The lowest BCUT2D eigenvalue weighted by atomic mass is 10.1. The number of hydrogen-bond acceptors (Lipinski definition) is 3. The lowest BCUT2D eigenvalue weighted by Gasteiger charge is -2.25. The minimum absolute atomic E-state index is 0.194. The predicted octanol–water partition coefficient (Wildman–Crippen LogP) is 0.691. The van der Waals surface area contributed by atoms with Crippen molar-refractivity contribution in [2.75, 3.05) is 12.0 Å². The summed E-state index contributed by atoms with van der Waals surface area (Å²) in [6.45, 7) is 5.67. The first kappa shape index (κ1) is 15.1. The molecule has 0 aromatic heterocycles. The molecule has 0 radical (unpaired) electrons. The molecule has 0 rings (SSSR count). The van der Waals surface area contributed by atoms with Gasteiger partial charge in [0.05, 0.1) is 0 Å². The summed E-state index contributed by atoms with van der Waals surface area (Å²) in [5, 5.41) is 5.27. The quantitative estimate of drug-likeness (QED) is 0.668. The number of hydrogen-bond donors (Lipinski definition) is 3. The number of carbonyl (C=O) groups excluding carboxylic acids is 2. The Morgan fingerprint density at radius 3 is 2.31 bits per heavy atom. The Bertz CT molecular complexity index is 251. The van der Waals surface area contributed by atoms with Crippen molar-refractivity contribution in [1.82, 2.24) is 10.6 Å². The highest BCUT2D eigenvalue weighted by Gasteiger charge is 2.23. The number of primary amides is 1. The fraction of sp³-hybridized carbons (Fsp3) is 0.800. The van der Waals surface area contributed by atoms with Crippen LogP contribution in [0.25, 0.3) is 0 Å². The van der Waals surface area contributed by atoms with E-state index in [-0.39, 0.29) is 11.4 Å². The maximum Gasteiger partial charge on any atom is 0.312 e. The van der Waals surface area contributed by atoms with E-state index in [1.165, 1.54) is 0 Å². The number of nitrogens with two attached hydrogens (primary N) is 1. The van der Waals surface area contributed by atoms with E-state index >= 15 is 0 Å². The normalized spacial score (nSPS) is 13.0. The number of thioether (sulfide) groups is 1. The first-order chi connectivity index (χ1) is 7.26. The van der Waals surface area contributed by atoms with Gasteiger partial charge in [-0.2, -0.15) is 11.8 Å². The van der Waals surface area contributed by atoms with Gasteiger partial charge >= 0.3 is 6.03 Å². The molecule has 6 heteroatoms. The first-order valence-electron chi connectivity index (χ1n) is 5.13. The molecule has 5 nitrogen and oxygen atoms in total. The summed E-state index contributed by atoms with van der Waals surface area (Å²) in [7, 11) is 0. The van der Waals surface area contributed by atoms with Crippen molar-refractivity contribution >= 4 is 23.7 Å². The van der Waals surface area contributed by atoms with Gasteiger partial charge in [-0.1, -0.05) is 0 Å². The molecular formula is C10H21N3O2S. The summed E-state index contributed by atoms with van der Waals surface area (Å²) in [5.41, 5.74) is 4.72. The van der Waals surface area contributed by atoms with Gasteiger partial charge in [0.25, 0.3) is 0 Å². The highest BCUT2D eigenvalue weighted by atomic mass is 32.2. The second-order valence-electron chi connectivity index (χ2n) is 4.58. The number of urea groups is 1. The summed E-state index contributed by atoms with van der Waals surface area (Å²) in [6, 6.07) is -1.22. The molecule has 0 saturated heterocycles. The number of nitrogens with one attached hydrogen (secondary N) is 2. The molecule has 0 fully saturated rings. The van der Waals surface area contributed by atoms with E-state index in [0.29, 0.717) is 6.42 Å². The summed E-state index contributed by atoms with van der Waals surface area (Å²) < 4.78 is 0. The van der Waals surface area contributed by atoms with Crippen LogP contribution < -0.4 is 16.4 Å². The summed E-state index contributed by atoms with van der Waals surface area (Å²) in [6.07, 6.45) is 2.52. The Balaban J connectivity index is 4.37. The van der Waals surface area contributed by atoms with Crippen LogP contribution in [-0.2, 0) is 4.79 Å². The van der Waals surface area contributed by atoms with Crippen LogP contribution in [0.1, 0.15) is 27.2 Å². The molecule has 0 spiro atoms. The van der Waals surface area contributed by atoms with E-state index < -0.39 is 12.1 Å². The van der Waals surface area contributed by atoms with Crippen molar-refractivity contribution in [3.05, 3.63) is 0 Å². The average Bonchev–Trinajstić information content (AvgIpc) is 2.08. The lowest BCUT2D eigenvalue weighted by molar-refractivity contribution is -0.124. The molecule has 0 aromatic carbocycles. The van der Waals surface area contributed by atoms with Crippen LogP contribution >= 0.6 is 11.8 Å². The zero-order chi connectivity index (χ0) is 12.8. The van der Waals surface area contributed by atoms with Crippen molar-refractivity contribution in [2.24, 2.45) is 5.73 Å². The Hall–Kier alpha value is -0.910. The zero-order valence-electron chi connectivity index (χ0n) is 10.3. The Labute approximate surface area is 101 Å². The van der Waals surface area contributed by atoms with Crippen molar-refractivity contribution in [1.29, 1.82) is 0 Å². The van der Waals surface area contributed by atoms with Crippen LogP contribution in [-0.4, -0.2) is 35.5 Å². The summed E-state index contributed by atoms with van der Waals surface area (Å²) >= 11 is 1.62. The van der Waals surface area contributed by atoms with Crippen LogP contribution in [0.15, 0.2) is 0 Å². The highest BCUT2D eigenvalue weighted by Crippen LogP contribution is 2.04. The second kappa shape index (κ2) is 6.62. The molecule has 0 heterocycles. The molecule has 16 heavy (non-hydrogen) atoms. The smallest absolute Gasteiger partial charge is 0.312 e. The maximum absolute atomic E-state index is 11.8. The van der Waals surface area contributed by atoms with Crippen molar-refractivity contribution < 1.29 is 9.59 Å². The standard InChI is InChI=1S/C10H21N3O2S/c1-10(2,3)13-8(14)7(5-6-16-4)12-9(11)15/h7H,5-6H2,1-4H3,(H,13,14)(H3,11,12,15). The number of amides is 3. The topological polar surface area (TPSA) is 84.2 Å². The van der Waals surface area contributed by atoms with Gasteiger partial charge in [0.1, 0.15) is 6.04 Å². The third kappa shape index (κ3) is 7.39.